The van der Waals surface area contributed by atoms with E-state index < -0.39 is 34.3 Å². The predicted molar refractivity (Wildman–Crippen MR) is 191 cm³/mol. The van der Waals surface area contributed by atoms with E-state index in [1.807, 2.05) is 61.5 Å². The fourth-order valence-corrected chi connectivity index (χ4v) is 7.74. The first kappa shape index (κ1) is 36.4. The minimum atomic E-state index is -4.43. The number of sulfonamides is 1. The lowest BCUT2D eigenvalue weighted by Gasteiger charge is -2.35. The number of carbonyl (C=O) groups excluding carboxylic acids is 2. The predicted octanol–water partition coefficient (Wildman–Crippen LogP) is 6.44. The van der Waals surface area contributed by atoms with Gasteiger partial charge in [-0.3, -0.25) is 13.9 Å². The zero-order valence-electron chi connectivity index (χ0n) is 28.7. The third-order valence-corrected chi connectivity index (χ3v) is 10.9. The first-order valence-corrected chi connectivity index (χ1v) is 18.2. The molecule has 5 rings (SSSR count). The summed E-state index contributed by atoms with van der Waals surface area (Å²) in [7, 11) is -1.60. The Morgan fingerprint density at radius 1 is 0.860 bits per heavy atom. The Morgan fingerprint density at radius 3 is 2.18 bits per heavy atom. The summed E-state index contributed by atoms with van der Waals surface area (Å²) in [4.78, 5) is 30.4. The fourth-order valence-electron chi connectivity index (χ4n) is 6.31. The number of amides is 2. The second kappa shape index (κ2) is 16.7. The topological polar surface area (TPSA) is 105 Å². The van der Waals surface area contributed by atoms with Crippen LogP contribution in [0.1, 0.15) is 48.8 Å². The standard InChI is InChI=1S/C39H44FN3O6S/c1-28-12-10-11-15-30(28)26-42(35(24-29-13-6-4-7-14-29)39(45)41-32-16-8-5-9-17-32)38(44)27-43(33-20-18-31(40)19-21-33)50(46,47)34-22-23-36(48-2)37(25-34)49-3/h4,6-7,10-15,18-23,25,32,35H,5,8-9,16-17,24,26-27H2,1-3H3,(H,41,45). The molecule has 11 heteroatoms. The van der Waals surface area contributed by atoms with Crippen LogP contribution in [0.15, 0.2) is 102 Å². The van der Waals surface area contributed by atoms with Crippen molar-refractivity contribution in [3.05, 3.63) is 120 Å². The van der Waals surface area contributed by atoms with Crippen LogP contribution in [0.3, 0.4) is 0 Å². The van der Waals surface area contributed by atoms with E-state index in [-0.39, 0.29) is 41.2 Å². The van der Waals surface area contributed by atoms with Gasteiger partial charge in [0.2, 0.25) is 11.8 Å². The lowest BCUT2D eigenvalue weighted by atomic mass is 9.94. The van der Waals surface area contributed by atoms with Gasteiger partial charge in [-0.2, -0.15) is 0 Å². The normalized spacial score (nSPS) is 14.0. The highest BCUT2D eigenvalue weighted by atomic mass is 32.2. The van der Waals surface area contributed by atoms with Crippen molar-refractivity contribution in [1.82, 2.24) is 10.2 Å². The number of anilines is 1. The molecule has 0 aromatic heterocycles. The van der Waals surface area contributed by atoms with Crippen molar-refractivity contribution in [2.75, 3.05) is 25.1 Å². The number of hydrogen-bond acceptors (Lipinski definition) is 6. The summed E-state index contributed by atoms with van der Waals surface area (Å²) in [5.74, 6) is -0.942. The van der Waals surface area contributed by atoms with Crippen molar-refractivity contribution in [2.45, 2.75) is 69.0 Å². The number of halogens is 1. The molecule has 0 saturated heterocycles. The molecule has 4 aromatic carbocycles. The van der Waals surface area contributed by atoms with Crippen molar-refractivity contribution in [2.24, 2.45) is 0 Å². The number of hydrogen-bond donors (Lipinski definition) is 1. The quantitative estimate of drug-likeness (QED) is 0.162. The molecule has 2 amide bonds. The minimum absolute atomic E-state index is 0.00826. The van der Waals surface area contributed by atoms with Gasteiger partial charge < -0.3 is 19.7 Å². The van der Waals surface area contributed by atoms with E-state index in [0.29, 0.717) is 5.75 Å². The molecule has 0 heterocycles. The van der Waals surface area contributed by atoms with Crippen LogP contribution >= 0.6 is 0 Å². The van der Waals surface area contributed by atoms with Gasteiger partial charge in [0.1, 0.15) is 18.4 Å². The second-order valence-corrected chi connectivity index (χ2v) is 14.4. The molecule has 1 aliphatic carbocycles. The molecule has 1 fully saturated rings. The lowest BCUT2D eigenvalue weighted by Crippen LogP contribution is -2.55. The first-order valence-electron chi connectivity index (χ1n) is 16.8. The van der Waals surface area contributed by atoms with E-state index in [2.05, 4.69) is 5.32 Å². The third kappa shape index (κ3) is 8.81. The molecule has 0 radical (unpaired) electrons. The average Bonchev–Trinajstić information content (AvgIpc) is 3.13. The SMILES string of the molecule is COc1ccc(S(=O)(=O)N(CC(=O)N(Cc2ccccc2C)C(Cc2ccccc2)C(=O)NC2CCCCC2)c2ccc(F)cc2)cc1OC. The highest BCUT2D eigenvalue weighted by molar-refractivity contribution is 7.92. The smallest absolute Gasteiger partial charge is 0.264 e. The van der Waals surface area contributed by atoms with Gasteiger partial charge in [0.25, 0.3) is 10.0 Å². The molecule has 1 unspecified atom stereocenters. The molecule has 1 aliphatic rings. The zero-order chi connectivity index (χ0) is 35.7. The largest absolute Gasteiger partial charge is 0.493 e. The Morgan fingerprint density at radius 2 is 1.52 bits per heavy atom. The van der Waals surface area contributed by atoms with E-state index in [1.165, 1.54) is 49.5 Å². The number of ether oxygens (including phenoxy) is 2. The molecule has 0 bridgehead atoms. The highest BCUT2D eigenvalue weighted by Gasteiger charge is 2.36. The number of carbonyl (C=O) groups is 2. The van der Waals surface area contributed by atoms with Gasteiger partial charge >= 0.3 is 0 Å². The van der Waals surface area contributed by atoms with Gasteiger partial charge in [-0.1, -0.05) is 73.9 Å². The van der Waals surface area contributed by atoms with Crippen LogP contribution < -0.4 is 19.1 Å². The molecule has 1 N–H and O–H groups in total. The Hall–Kier alpha value is -4.90. The summed E-state index contributed by atoms with van der Waals surface area (Å²) in [5, 5.41) is 3.21. The molecule has 264 valence electrons. The number of methoxy groups -OCH3 is 2. The maximum Gasteiger partial charge on any atom is 0.264 e. The Bertz CT molecular complexity index is 1860. The van der Waals surface area contributed by atoms with E-state index in [9.17, 15) is 22.4 Å². The minimum Gasteiger partial charge on any atom is -0.493 e. The molecule has 9 nitrogen and oxygen atoms in total. The fraction of sp³-hybridized carbons (Fsp3) is 0.333. The number of nitrogens with one attached hydrogen (secondary N) is 1. The molecule has 1 atom stereocenters. The van der Waals surface area contributed by atoms with E-state index in [0.717, 1.165) is 65.2 Å². The molecule has 50 heavy (non-hydrogen) atoms. The molecular formula is C39H44FN3O6S. The van der Waals surface area contributed by atoms with Crippen molar-refractivity contribution in [3.8, 4) is 11.5 Å². The maximum absolute atomic E-state index is 14.8. The summed E-state index contributed by atoms with van der Waals surface area (Å²) < 4.78 is 54.5. The molecule has 1 saturated carbocycles. The molecule has 0 spiro atoms. The molecular weight excluding hydrogens is 658 g/mol. The van der Waals surface area contributed by atoms with Crippen LogP contribution in [0.2, 0.25) is 0 Å². The third-order valence-electron chi connectivity index (χ3n) is 9.16. The van der Waals surface area contributed by atoms with Gasteiger partial charge in [0, 0.05) is 25.1 Å². The Labute approximate surface area is 294 Å². The zero-order valence-corrected chi connectivity index (χ0v) is 29.5. The summed E-state index contributed by atoms with van der Waals surface area (Å²) in [6, 6.07) is 25.1. The van der Waals surface area contributed by atoms with Crippen LogP contribution in [0.4, 0.5) is 10.1 Å². The number of nitrogens with zero attached hydrogens (tertiary/aromatic N) is 2. The Balaban J connectivity index is 1.58. The van der Waals surface area contributed by atoms with Gasteiger partial charge in [0.15, 0.2) is 11.5 Å². The van der Waals surface area contributed by atoms with Crippen LogP contribution in [0.25, 0.3) is 0 Å². The van der Waals surface area contributed by atoms with Crippen molar-refractivity contribution < 1.29 is 31.9 Å². The number of rotatable bonds is 14. The van der Waals surface area contributed by atoms with Crippen LogP contribution in [-0.2, 0) is 32.6 Å². The van der Waals surface area contributed by atoms with Crippen LogP contribution in [-0.4, -0.2) is 58.0 Å². The van der Waals surface area contributed by atoms with Crippen molar-refractivity contribution in [1.29, 1.82) is 0 Å². The molecule has 4 aromatic rings. The molecule has 0 aliphatic heterocycles. The van der Waals surface area contributed by atoms with E-state index in [4.69, 9.17) is 9.47 Å². The van der Waals surface area contributed by atoms with Gasteiger partial charge in [-0.15, -0.1) is 0 Å². The highest BCUT2D eigenvalue weighted by Crippen LogP contribution is 2.33. The van der Waals surface area contributed by atoms with Crippen molar-refractivity contribution >= 4 is 27.5 Å². The average molecular weight is 702 g/mol. The van der Waals surface area contributed by atoms with Crippen LogP contribution in [0.5, 0.6) is 11.5 Å². The monoisotopic (exact) mass is 701 g/mol. The summed E-state index contributed by atoms with van der Waals surface area (Å²) in [6.45, 7) is 1.34. The summed E-state index contributed by atoms with van der Waals surface area (Å²) in [6.07, 6.45) is 5.08. The summed E-state index contributed by atoms with van der Waals surface area (Å²) >= 11 is 0. The van der Waals surface area contributed by atoms with Gasteiger partial charge in [0.05, 0.1) is 24.8 Å². The number of aryl methyl sites for hydroxylation is 1. The summed E-state index contributed by atoms with van der Waals surface area (Å²) in [5.41, 5.74) is 2.68. The van der Waals surface area contributed by atoms with Gasteiger partial charge in [-0.25, -0.2) is 12.8 Å². The number of benzene rings is 4. The lowest BCUT2D eigenvalue weighted by molar-refractivity contribution is -0.140. The second-order valence-electron chi connectivity index (χ2n) is 12.5. The van der Waals surface area contributed by atoms with Crippen molar-refractivity contribution in [3.63, 3.8) is 0 Å². The van der Waals surface area contributed by atoms with E-state index in [1.54, 1.807) is 0 Å². The van der Waals surface area contributed by atoms with E-state index >= 15 is 0 Å². The van der Waals surface area contributed by atoms with Gasteiger partial charge in [-0.05, 0) is 72.9 Å². The first-order chi connectivity index (χ1) is 24.1. The maximum atomic E-state index is 14.8. The Kier molecular flexibility index (Phi) is 12.1. The van der Waals surface area contributed by atoms with Crippen LogP contribution in [0, 0.1) is 12.7 Å².